The van der Waals surface area contributed by atoms with E-state index in [-0.39, 0.29) is 18.1 Å². The van der Waals surface area contributed by atoms with Crippen LogP contribution in [0.1, 0.15) is 48.0 Å². The Morgan fingerprint density at radius 2 is 1.96 bits per heavy atom. The summed E-state index contributed by atoms with van der Waals surface area (Å²) < 4.78 is 5.70. The second kappa shape index (κ2) is 7.43. The standard InChI is InChI=1S/C18H27N3O3S/c1-10-4-5-13-14(6-10)25-18(16(13)17(19)23)20-15(22)9-21-7-11(2)24-12(3)8-21/h10-12H,4-9H2,1-3H3,(H2,19,23)(H,20,22)/t10-,11-,12-/m1/s1. The van der Waals surface area contributed by atoms with Crippen LogP contribution in [-0.2, 0) is 22.4 Å². The molecule has 2 aliphatic rings. The van der Waals surface area contributed by atoms with Crippen molar-refractivity contribution in [2.45, 2.75) is 52.2 Å². The summed E-state index contributed by atoms with van der Waals surface area (Å²) >= 11 is 1.51. The number of morpholine rings is 1. The number of nitrogens with two attached hydrogens (primary N) is 1. The first-order valence-electron chi connectivity index (χ1n) is 8.95. The Kier molecular flexibility index (Phi) is 5.46. The molecule has 1 saturated heterocycles. The van der Waals surface area contributed by atoms with E-state index in [0.29, 0.717) is 23.0 Å². The number of primary amides is 1. The Bertz CT molecular complexity index is 663. The van der Waals surface area contributed by atoms with E-state index in [0.717, 1.165) is 37.9 Å². The fourth-order valence-corrected chi connectivity index (χ4v) is 5.31. The predicted molar refractivity (Wildman–Crippen MR) is 99.1 cm³/mol. The third kappa shape index (κ3) is 4.22. The summed E-state index contributed by atoms with van der Waals surface area (Å²) in [6, 6.07) is 0. The maximum Gasteiger partial charge on any atom is 0.251 e. The summed E-state index contributed by atoms with van der Waals surface area (Å²) in [5, 5.41) is 3.55. The highest BCUT2D eigenvalue weighted by Crippen LogP contribution is 2.39. The summed E-state index contributed by atoms with van der Waals surface area (Å²) in [6.45, 7) is 8.01. The molecule has 0 unspecified atom stereocenters. The summed E-state index contributed by atoms with van der Waals surface area (Å²) in [6.07, 6.45) is 3.11. The van der Waals surface area contributed by atoms with E-state index in [1.54, 1.807) is 0 Å². The molecule has 6 nitrogen and oxygen atoms in total. The van der Waals surface area contributed by atoms with Gasteiger partial charge in [-0.2, -0.15) is 0 Å². The molecule has 0 bridgehead atoms. The number of fused-ring (bicyclic) bond motifs is 1. The quantitative estimate of drug-likeness (QED) is 0.855. The minimum atomic E-state index is -0.448. The smallest absolute Gasteiger partial charge is 0.251 e. The van der Waals surface area contributed by atoms with Crippen LogP contribution in [0.25, 0.3) is 0 Å². The number of hydrogen-bond acceptors (Lipinski definition) is 5. The largest absolute Gasteiger partial charge is 0.373 e. The lowest BCUT2D eigenvalue weighted by Gasteiger charge is -2.34. The van der Waals surface area contributed by atoms with E-state index in [1.807, 2.05) is 13.8 Å². The monoisotopic (exact) mass is 365 g/mol. The van der Waals surface area contributed by atoms with Crippen LogP contribution in [0, 0.1) is 5.92 Å². The van der Waals surface area contributed by atoms with Crippen molar-refractivity contribution in [2.24, 2.45) is 11.7 Å². The number of rotatable bonds is 4. The Hall–Kier alpha value is -1.44. The first kappa shape index (κ1) is 18.4. The molecule has 0 radical (unpaired) electrons. The highest BCUT2D eigenvalue weighted by atomic mass is 32.1. The molecule has 1 fully saturated rings. The molecule has 1 aromatic rings. The van der Waals surface area contributed by atoms with E-state index < -0.39 is 5.91 Å². The van der Waals surface area contributed by atoms with Crippen LogP contribution in [0.3, 0.4) is 0 Å². The van der Waals surface area contributed by atoms with E-state index in [1.165, 1.54) is 16.2 Å². The van der Waals surface area contributed by atoms with Crippen LogP contribution in [0.2, 0.25) is 0 Å². The van der Waals surface area contributed by atoms with E-state index >= 15 is 0 Å². The van der Waals surface area contributed by atoms with Crippen LogP contribution in [0.5, 0.6) is 0 Å². The number of carbonyl (C=O) groups excluding carboxylic acids is 2. The van der Waals surface area contributed by atoms with Crippen LogP contribution in [0.4, 0.5) is 5.00 Å². The Labute approximate surface area is 152 Å². The van der Waals surface area contributed by atoms with E-state index in [9.17, 15) is 9.59 Å². The number of thiophene rings is 1. The topological polar surface area (TPSA) is 84.7 Å². The van der Waals surface area contributed by atoms with Gasteiger partial charge in [0.1, 0.15) is 5.00 Å². The molecule has 0 aromatic carbocycles. The predicted octanol–water partition coefficient (Wildman–Crippen LogP) is 2.02. The van der Waals surface area contributed by atoms with Crippen molar-refractivity contribution < 1.29 is 14.3 Å². The van der Waals surface area contributed by atoms with Crippen LogP contribution < -0.4 is 11.1 Å². The molecule has 2 amide bonds. The van der Waals surface area contributed by atoms with Gasteiger partial charge in [0, 0.05) is 18.0 Å². The molecule has 1 aliphatic heterocycles. The van der Waals surface area contributed by atoms with Gasteiger partial charge in [-0.05, 0) is 44.6 Å². The summed E-state index contributed by atoms with van der Waals surface area (Å²) in [5.74, 6) is 0.0539. The minimum absolute atomic E-state index is 0.101. The molecule has 0 saturated carbocycles. The SMILES string of the molecule is C[C@@H]1CCc2c(sc(NC(=O)CN3C[C@@H](C)O[C@H](C)C3)c2C(N)=O)C1. The van der Waals surface area contributed by atoms with E-state index in [2.05, 4.69) is 17.1 Å². The van der Waals surface area contributed by atoms with Crippen molar-refractivity contribution in [3.63, 3.8) is 0 Å². The molecular formula is C18H27N3O3S. The molecule has 2 heterocycles. The molecule has 25 heavy (non-hydrogen) atoms. The van der Waals surface area contributed by atoms with Gasteiger partial charge in [0.2, 0.25) is 5.91 Å². The molecule has 1 aromatic heterocycles. The second-order valence-corrected chi connectivity index (χ2v) is 8.52. The van der Waals surface area contributed by atoms with Crippen molar-refractivity contribution >= 4 is 28.2 Å². The van der Waals surface area contributed by atoms with Crippen molar-refractivity contribution in [1.82, 2.24) is 4.90 Å². The third-order valence-electron chi connectivity index (χ3n) is 4.87. The average molecular weight is 365 g/mol. The molecule has 0 spiro atoms. The molecule has 7 heteroatoms. The van der Waals surface area contributed by atoms with Gasteiger partial charge in [0.05, 0.1) is 24.3 Å². The number of nitrogens with zero attached hydrogens (tertiary/aromatic N) is 1. The van der Waals surface area contributed by atoms with Crippen molar-refractivity contribution in [1.29, 1.82) is 0 Å². The molecule has 3 N–H and O–H groups in total. The zero-order valence-electron chi connectivity index (χ0n) is 15.1. The van der Waals surface area contributed by atoms with Gasteiger partial charge in [-0.3, -0.25) is 14.5 Å². The number of hydrogen-bond donors (Lipinski definition) is 2. The average Bonchev–Trinajstić information content (AvgIpc) is 2.82. The lowest BCUT2D eigenvalue weighted by molar-refractivity contribution is -0.121. The van der Waals surface area contributed by atoms with Crippen molar-refractivity contribution in [3.8, 4) is 0 Å². The maximum absolute atomic E-state index is 12.5. The molecule has 3 rings (SSSR count). The summed E-state index contributed by atoms with van der Waals surface area (Å²) in [4.78, 5) is 27.7. The molecule has 1 aliphatic carbocycles. The number of carbonyl (C=O) groups is 2. The van der Waals surface area contributed by atoms with E-state index in [4.69, 9.17) is 10.5 Å². The van der Waals surface area contributed by atoms with Crippen LogP contribution >= 0.6 is 11.3 Å². The second-order valence-electron chi connectivity index (χ2n) is 7.42. The van der Waals surface area contributed by atoms with Crippen LogP contribution in [0.15, 0.2) is 0 Å². The third-order valence-corrected chi connectivity index (χ3v) is 6.04. The van der Waals surface area contributed by atoms with Gasteiger partial charge in [0.25, 0.3) is 5.91 Å². The highest BCUT2D eigenvalue weighted by molar-refractivity contribution is 7.17. The number of amides is 2. The lowest BCUT2D eigenvalue weighted by atomic mass is 9.88. The molecule has 138 valence electrons. The molecular weight excluding hydrogens is 338 g/mol. The summed E-state index contributed by atoms with van der Waals surface area (Å²) in [5.41, 5.74) is 7.16. The lowest BCUT2D eigenvalue weighted by Crippen LogP contribution is -2.48. The Morgan fingerprint density at radius 3 is 2.60 bits per heavy atom. The van der Waals surface area contributed by atoms with Gasteiger partial charge in [-0.1, -0.05) is 6.92 Å². The minimum Gasteiger partial charge on any atom is -0.373 e. The number of nitrogens with one attached hydrogen (secondary N) is 1. The van der Waals surface area contributed by atoms with Gasteiger partial charge < -0.3 is 15.8 Å². The van der Waals surface area contributed by atoms with Crippen molar-refractivity contribution in [3.05, 3.63) is 16.0 Å². The Morgan fingerprint density at radius 1 is 1.28 bits per heavy atom. The zero-order chi connectivity index (χ0) is 18.1. The normalized spacial score (nSPS) is 26.9. The first-order valence-corrected chi connectivity index (χ1v) is 9.77. The first-order chi connectivity index (χ1) is 11.8. The zero-order valence-corrected chi connectivity index (χ0v) is 15.9. The number of anilines is 1. The van der Waals surface area contributed by atoms with Crippen LogP contribution in [-0.4, -0.2) is 48.6 Å². The summed E-state index contributed by atoms with van der Waals surface area (Å²) in [7, 11) is 0. The highest BCUT2D eigenvalue weighted by Gasteiger charge is 2.28. The van der Waals surface area contributed by atoms with Gasteiger partial charge in [0.15, 0.2) is 0 Å². The maximum atomic E-state index is 12.5. The number of ether oxygens (including phenoxy) is 1. The van der Waals surface area contributed by atoms with Gasteiger partial charge in [-0.15, -0.1) is 11.3 Å². The fourth-order valence-electron chi connectivity index (χ4n) is 3.88. The van der Waals surface area contributed by atoms with Crippen molar-refractivity contribution in [2.75, 3.05) is 25.0 Å². The Balaban J connectivity index is 1.72. The van der Waals surface area contributed by atoms with Gasteiger partial charge >= 0.3 is 0 Å². The molecule has 3 atom stereocenters. The fraction of sp³-hybridized carbons (Fsp3) is 0.667. The van der Waals surface area contributed by atoms with Gasteiger partial charge in [-0.25, -0.2) is 0 Å².